The number of ether oxygens (including phenoxy) is 1. The van der Waals surface area contributed by atoms with Crippen LogP contribution in [0.1, 0.15) is 47.2 Å². The second-order valence-electron chi connectivity index (χ2n) is 8.66. The lowest BCUT2D eigenvalue weighted by molar-refractivity contribution is 0.0740. The number of nitrogens with one attached hydrogen (secondary N) is 1. The van der Waals surface area contributed by atoms with Crippen LogP contribution in [0.25, 0.3) is 16.9 Å². The number of carbonyl (C=O) groups is 1. The van der Waals surface area contributed by atoms with Crippen molar-refractivity contribution in [1.82, 2.24) is 20.1 Å². The van der Waals surface area contributed by atoms with Gasteiger partial charge in [0.2, 0.25) is 5.88 Å². The van der Waals surface area contributed by atoms with Crippen molar-refractivity contribution < 1.29 is 14.6 Å². The van der Waals surface area contributed by atoms with Crippen molar-refractivity contribution in [3.63, 3.8) is 0 Å². The van der Waals surface area contributed by atoms with E-state index in [1.807, 2.05) is 6.92 Å². The summed E-state index contributed by atoms with van der Waals surface area (Å²) in [6.45, 7) is 3.10. The highest BCUT2D eigenvalue weighted by Crippen LogP contribution is 2.37. The van der Waals surface area contributed by atoms with E-state index in [0.717, 1.165) is 36.8 Å². The summed E-state index contributed by atoms with van der Waals surface area (Å²) in [6.07, 6.45) is 7.47. The molecule has 1 amide bonds. The van der Waals surface area contributed by atoms with Crippen molar-refractivity contribution in [3.05, 3.63) is 59.4 Å². The lowest BCUT2D eigenvalue weighted by Crippen LogP contribution is -2.38. The summed E-state index contributed by atoms with van der Waals surface area (Å²) in [7, 11) is 1.70. The number of hydrogen-bond acceptors (Lipinski definition) is 6. The van der Waals surface area contributed by atoms with Crippen LogP contribution in [0, 0.1) is 23.7 Å². The van der Waals surface area contributed by atoms with Gasteiger partial charge < -0.3 is 15.2 Å². The van der Waals surface area contributed by atoms with Crippen molar-refractivity contribution in [2.75, 3.05) is 20.3 Å². The van der Waals surface area contributed by atoms with Gasteiger partial charge in [-0.2, -0.15) is 15.0 Å². The number of benzene rings is 1. The van der Waals surface area contributed by atoms with E-state index in [1.54, 1.807) is 43.6 Å². The van der Waals surface area contributed by atoms with Crippen LogP contribution in [0.5, 0.6) is 5.88 Å². The first-order valence-electron chi connectivity index (χ1n) is 11.0. The van der Waals surface area contributed by atoms with E-state index < -0.39 is 0 Å². The van der Waals surface area contributed by atoms with Crippen molar-refractivity contribution in [1.29, 1.82) is 5.26 Å². The van der Waals surface area contributed by atoms with Gasteiger partial charge in [0, 0.05) is 25.3 Å². The summed E-state index contributed by atoms with van der Waals surface area (Å²) in [5.74, 6) is 0.151. The van der Waals surface area contributed by atoms with Crippen molar-refractivity contribution in [2.24, 2.45) is 5.41 Å². The van der Waals surface area contributed by atoms with Crippen LogP contribution < -0.4 is 5.32 Å². The zero-order valence-corrected chi connectivity index (χ0v) is 18.8. The predicted octanol–water partition coefficient (Wildman–Crippen LogP) is 3.76. The molecule has 2 aromatic heterocycles. The SMILES string of the molecule is COCC1(CNC(=O)c2ccc(-n3ncc(-c4ccc(C#N)cc4C)c3O)nc2)CCCC1. The average Bonchev–Trinajstić information content (AvgIpc) is 3.45. The van der Waals surface area contributed by atoms with Crippen molar-refractivity contribution in [2.45, 2.75) is 32.6 Å². The van der Waals surface area contributed by atoms with E-state index >= 15 is 0 Å². The minimum absolute atomic E-state index is 0.0125. The average molecular weight is 446 g/mol. The molecule has 33 heavy (non-hydrogen) atoms. The molecule has 3 aromatic rings. The molecule has 0 atom stereocenters. The number of nitrogens with zero attached hydrogens (tertiary/aromatic N) is 4. The standard InChI is InChI=1S/C25H27N5O3/c1-17-11-18(12-26)5-7-20(17)21-14-29-30(24(21)32)22-8-6-19(13-27-22)23(31)28-15-25(16-33-2)9-3-4-10-25/h5-8,11,13-14,32H,3-4,9-10,15-16H2,1-2H3,(H,28,31). The molecule has 170 valence electrons. The second-order valence-corrected chi connectivity index (χ2v) is 8.66. The van der Waals surface area contributed by atoms with Gasteiger partial charge in [-0.25, -0.2) is 4.98 Å². The van der Waals surface area contributed by atoms with Gasteiger partial charge in [-0.05, 0) is 55.2 Å². The van der Waals surface area contributed by atoms with Crippen LogP contribution in [0.2, 0.25) is 0 Å². The molecule has 0 bridgehead atoms. The van der Waals surface area contributed by atoms with E-state index in [1.165, 1.54) is 10.9 Å². The molecule has 0 unspecified atom stereocenters. The lowest BCUT2D eigenvalue weighted by Gasteiger charge is -2.28. The Hall–Kier alpha value is -3.70. The highest BCUT2D eigenvalue weighted by Gasteiger charge is 2.34. The van der Waals surface area contributed by atoms with Gasteiger partial charge in [-0.1, -0.05) is 18.9 Å². The Morgan fingerprint density at radius 1 is 1.24 bits per heavy atom. The maximum atomic E-state index is 12.7. The number of hydrogen-bond donors (Lipinski definition) is 2. The Morgan fingerprint density at radius 2 is 2.03 bits per heavy atom. The third-order valence-electron chi connectivity index (χ3n) is 6.36. The number of aromatic hydroxyl groups is 1. The Bertz CT molecular complexity index is 1190. The molecule has 2 N–H and O–H groups in total. The van der Waals surface area contributed by atoms with Gasteiger partial charge in [0.15, 0.2) is 5.82 Å². The number of nitriles is 1. The quantitative estimate of drug-likeness (QED) is 0.573. The molecule has 4 rings (SSSR count). The third-order valence-corrected chi connectivity index (χ3v) is 6.36. The first-order valence-corrected chi connectivity index (χ1v) is 11.0. The van der Waals surface area contributed by atoms with Gasteiger partial charge in [-0.3, -0.25) is 4.79 Å². The van der Waals surface area contributed by atoms with Crippen LogP contribution >= 0.6 is 0 Å². The van der Waals surface area contributed by atoms with Crippen LogP contribution in [-0.4, -0.2) is 46.0 Å². The minimum atomic E-state index is -0.185. The van der Waals surface area contributed by atoms with Crippen LogP contribution in [0.4, 0.5) is 0 Å². The summed E-state index contributed by atoms with van der Waals surface area (Å²) in [4.78, 5) is 17.0. The van der Waals surface area contributed by atoms with E-state index in [9.17, 15) is 9.90 Å². The minimum Gasteiger partial charge on any atom is -0.493 e. The highest BCUT2D eigenvalue weighted by molar-refractivity contribution is 5.94. The molecule has 2 heterocycles. The smallest absolute Gasteiger partial charge is 0.252 e. The molecule has 8 nitrogen and oxygen atoms in total. The highest BCUT2D eigenvalue weighted by atomic mass is 16.5. The monoisotopic (exact) mass is 445 g/mol. The fraction of sp³-hybridized carbons (Fsp3) is 0.360. The van der Waals surface area contributed by atoms with Gasteiger partial charge in [0.1, 0.15) is 0 Å². The number of amides is 1. The molecule has 0 radical (unpaired) electrons. The van der Waals surface area contributed by atoms with Crippen molar-refractivity contribution >= 4 is 5.91 Å². The van der Waals surface area contributed by atoms with E-state index in [4.69, 9.17) is 10.00 Å². The summed E-state index contributed by atoms with van der Waals surface area (Å²) in [5.41, 5.74) is 3.20. The van der Waals surface area contributed by atoms with Gasteiger partial charge in [-0.15, -0.1) is 0 Å². The first-order chi connectivity index (χ1) is 16.0. The van der Waals surface area contributed by atoms with Crippen LogP contribution in [-0.2, 0) is 4.74 Å². The van der Waals surface area contributed by atoms with Gasteiger partial charge >= 0.3 is 0 Å². The molecule has 8 heteroatoms. The molecular weight excluding hydrogens is 418 g/mol. The molecular formula is C25H27N5O3. The summed E-state index contributed by atoms with van der Waals surface area (Å²) in [6, 6.07) is 10.7. The Kier molecular flexibility index (Phi) is 6.43. The number of methoxy groups -OCH3 is 1. The first kappa shape index (κ1) is 22.5. The molecule has 1 aliphatic rings. The number of rotatable bonds is 7. The molecule has 0 aliphatic heterocycles. The fourth-order valence-corrected chi connectivity index (χ4v) is 4.55. The molecule has 1 saturated carbocycles. The van der Waals surface area contributed by atoms with E-state index in [-0.39, 0.29) is 17.2 Å². The summed E-state index contributed by atoms with van der Waals surface area (Å²) in [5, 5.41) is 27.1. The fourth-order valence-electron chi connectivity index (χ4n) is 4.55. The Morgan fingerprint density at radius 3 is 2.67 bits per heavy atom. The zero-order chi connectivity index (χ0) is 23.4. The maximum absolute atomic E-state index is 12.7. The lowest BCUT2D eigenvalue weighted by atomic mass is 9.87. The number of pyridine rings is 1. The number of aromatic nitrogens is 3. The Balaban J connectivity index is 1.49. The predicted molar refractivity (Wildman–Crippen MR) is 123 cm³/mol. The molecule has 0 saturated heterocycles. The van der Waals surface area contributed by atoms with Gasteiger partial charge in [0.05, 0.1) is 35.6 Å². The summed E-state index contributed by atoms with van der Waals surface area (Å²) < 4.78 is 6.70. The largest absolute Gasteiger partial charge is 0.493 e. The number of carbonyl (C=O) groups excluding carboxylic acids is 1. The third kappa shape index (κ3) is 4.59. The maximum Gasteiger partial charge on any atom is 0.252 e. The van der Waals surface area contributed by atoms with Crippen LogP contribution in [0.15, 0.2) is 42.7 Å². The van der Waals surface area contributed by atoms with E-state index in [2.05, 4.69) is 21.5 Å². The number of aryl methyl sites for hydroxylation is 1. The molecule has 0 spiro atoms. The Labute approximate surface area is 192 Å². The molecule has 1 aromatic carbocycles. The zero-order valence-electron chi connectivity index (χ0n) is 18.8. The second kappa shape index (κ2) is 9.43. The normalized spacial score (nSPS) is 14.7. The molecule has 1 fully saturated rings. The van der Waals surface area contributed by atoms with Gasteiger partial charge in [0.25, 0.3) is 5.91 Å². The van der Waals surface area contributed by atoms with E-state index in [0.29, 0.717) is 35.7 Å². The van der Waals surface area contributed by atoms with Crippen LogP contribution in [0.3, 0.4) is 0 Å². The molecule has 1 aliphatic carbocycles. The summed E-state index contributed by atoms with van der Waals surface area (Å²) >= 11 is 0. The van der Waals surface area contributed by atoms with Crippen molar-refractivity contribution in [3.8, 4) is 28.9 Å². The topological polar surface area (TPSA) is 113 Å².